The van der Waals surface area contributed by atoms with Gasteiger partial charge >= 0.3 is 0 Å². The molecule has 0 aliphatic heterocycles. The molecule has 4 nitrogen and oxygen atoms in total. The number of aliphatic hydroxyl groups is 1. The summed E-state index contributed by atoms with van der Waals surface area (Å²) in [7, 11) is 0. The lowest BCUT2D eigenvalue weighted by molar-refractivity contribution is 0.183. The van der Waals surface area contributed by atoms with Crippen LogP contribution in [0.3, 0.4) is 0 Å². The summed E-state index contributed by atoms with van der Waals surface area (Å²) in [6.45, 7) is 5.81. The molecular weight excluding hydrogens is 392 g/mol. The van der Waals surface area contributed by atoms with Crippen molar-refractivity contribution in [2.45, 2.75) is 26.4 Å². The van der Waals surface area contributed by atoms with Crippen LogP contribution < -0.4 is 4.90 Å². The van der Waals surface area contributed by atoms with Gasteiger partial charge in [0.15, 0.2) is 6.10 Å². The Balaban J connectivity index is 1.97. The number of hydrogen-bond acceptors (Lipinski definition) is 4. The van der Waals surface area contributed by atoms with Gasteiger partial charge in [-0.05, 0) is 37.1 Å². The monoisotopic (exact) mass is 414 g/mol. The highest BCUT2D eigenvalue weighted by Gasteiger charge is 2.23. The molecule has 1 aromatic heterocycles. The summed E-state index contributed by atoms with van der Waals surface area (Å²) in [5.74, 6) is 1.07. The number of aliphatic hydroxyl groups excluding tert-OH is 1. The smallest absolute Gasteiger partial charge is 0.230 e. The molecule has 0 amide bonds. The third-order valence-corrected chi connectivity index (χ3v) is 4.85. The van der Waals surface area contributed by atoms with Crippen molar-refractivity contribution in [1.82, 2.24) is 4.98 Å². The third-order valence-electron chi connectivity index (χ3n) is 4.36. The predicted molar refractivity (Wildman–Crippen MR) is 108 cm³/mol. The summed E-state index contributed by atoms with van der Waals surface area (Å²) in [5.41, 5.74) is 2.76. The molecule has 0 aliphatic rings. The van der Waals surface area contributed by atoms with E-state index in [1.165, 1.54) is 0 Å². The van der Waals surface area contributed by atoms with E-state index in [2.05, 4.69) is 51.8 Å². The molecule has 0 aliphatic carbocycles. The zero-order valence-corrected chi connectivity index (χ0v) is 16.6. The summed E-state index contributed by atoms with van der Waals surface area (Å²) in [6.07, 6.45) is -0.229. The van der Waals surface area contributed by atoms with E-state index in [0.717, 1.165) is 40.3 Å². The van der Waals surface area contributed by atoms with Gasteiger partial charge < -0.3 is 14.4 Å². The van der Waals surface area contributed by atoms with Crippen LogP contribution in [0.15, 0.2) is 63.5 Å². The summed E-state index contributed by atoms with van der Waals surface area (Å²) in [4.78, 5) is 6.78. The number of benzene rings is 2. The van der Waals surface area contributed by atoms with E-state index in [1.807, 2.05) is 42.5 Å². The average Bonchev–Trinajstić information content (AvgIpc) is 3.06. The van der Waals surface area contributed by atoms with Crippen LogP contribution in [-0.4, -0.2) is 23.2 Å². The molecule has 0 radical (unpaired) electrons. The van der Waals surface area contributed by atoms with Crippen LogP contribution in [-0.2, 0) is 6.42 Å². The lowest BCUT2D eigenvalue weighted by Crippen LogP contribution is -2.22. The lowest BCUT2D eigenvalue weighted by Gasteiger charge is -2.18. The Morgan fingerprint density at radius 1 is 1.08 bits per heavy atom. The van der Waals surface area contributed by atoms with Crippen LogP contribution >= 0.6 is 15.9 Å². The molecule has 1 atom stereocenters. The maximum Gasteiger partial charge on any atom is 0.230 e. The lowest BCUT2D eigenvalue weighted by atomic mass is 10.1. The molecule has 0 fully saturated rings. The van der Waals surface area contributed by atoms with E-state index in [0.29, 0.717) is 12.3 Å². The van der Waals surface area contributed by atoms with Crippen molar-refractivity contribution in [2.24, 2.45) is 0 Å². The van der Waals surface area contributed by atoms with Crippen LogP contribution in [0.5, 0.6) is 0 Å². The fourth-order valence-electron chi connectivity index (χ4n) is 2.96. The van der Waals surface area contributed by atoms with Gasteiger partial charge in [-0.1, -0.05) is 58.4 Å². The van der Waals surface area contributed by atoms with Gasteiger partial charge in [-0.2, -0.15) is 0 Å². The average molecular weight is 415 g/mol. The number of halogens is 1. The largest absolute Gasteiger partial charge is 0.422 e. The standard InChI is InChI=1S/C21H23BrN2O2/c1-3-24(4-2)21-18(13-15-9-6-5-7-10-15)23-20(26-21)19(25)16-11-8-12-17(22)14-16/h5-12,14,19,25H,3-4,13H2,1-2H3. The molecule has 0 saturated carbocycles. The summed E-state index contributed by atoms with van der Waals surface area (Å²) in [6, 6.07) is 17.7. The summed E-state index contributed by atoms with van der Waals surface area (Å²) < 4.78 is 6.95. The van der Waals surface area contributed by atoms with Crippen molar-refractivity contribution in [2.75, 3.05) is 18.0 Å². The minimum Gasteiger partial charge on any atom is -0.422 e. The Morgan fingerprint density at radius 3 is 2.46 bits per heavy atom. The molecule has 1 heterocycles. The molecule has 2 aromatic carbocycles. The molecule has 5 heteroatoms. The van der Waals surface area contributed by atoms with Gasteiger partial charge in [0.05, 0.1) is 0 Å². The van der Waals surface area contributed by atoms with Crippen molar-refractivity contribution in [3.05, 3.63) is 81.8 Å². The van der Waals surface area contributed by atoms with Crippen LogP contribution in [0, 0.1) is 0 Å². The molecular formula is C21H23BrN2O2. The van der Waals surface area contributed by atoms with Gasteiger partial charge in [0.25, 0.3) is 0 Å². The Kier molecular flexibility index (Phi) is 6.12. The highest BCUT2D eigenvalue weighted by Crippen LogP contribution is 2.31. The van der Waals surface area contributed by atoms with Gasteiger partial charge in [-0.25, -0.2) is 4.98 Å². The Hall–Kier alpha value is -2.11. The van der Waals surface area contributed by atoms with Crippen molar-refractivity contribution in [3.63, 3.8) is 0 Å². The van der Waals surface area contributed by atoms with Gasteiger partial charge in [-0.3, -0.25) is 0 Å². The van der Waals surface area contributed by atoms with Gasteiger partial charge in [0, 0.05) is 24.0 Å². The van der Waals surface area contributed by atoms with Gasteiger partial charge in [0.2, 0.25) is 11.8 Å². The van der Waals surface area contributed by atoms with E-state index in [4.69, 9.17) is 4.42 Å². The van der Waals surface area contributed by atoms with Crippen molar-refractivity contribution in [3.8, 4) is 0 Å². The molecule has 3 aromatic rings. The topological polar surface area (TPSA) is 49.5 Å². The second-order valence-corrected chi connectivity index (χ2v) is 7.01. The van der Waals surface area contributed by atoms with E-state index >= 15 is 0 Å². The molecule has 136 valence electrons. The highest BCUT2D eigenvalue weighted by atomic mass is 79.9. The van der Waals surface area contributed by atoms with Crippen LogP contribution in [0.25, 0.3) is 0 Å². The summed E-state index contributed by atoms with van der Waals surface area (Å²) in [5, 5.41) is 10.8. The maximum absolute atomic E-state index is 10.8. The van der Waals surface area contributed by atoms with E-state index in [1.54, 1.807) is 0 Å². The first kappa shape index (κ1) is 18.7. The zero-order valence-electron chi connectivity index (χ0n) is 15.0. The van der Waals surface area contributed by atoms with Crippen molar-refractivity contribution in [1.29, 1.82) is 0 Å². The first-order chi connectivity index (χ1) is 12.6. The van der Waals surface area contributed by atoms with Gasteiger partial charge in [0.1, 0.15) is 5.69 Å². The minimum absolute atomic E-state index is 0.330. The second-order valence-electron chi connectivity index (χ2n) is 6.10. The SMILES string of the molecule is CCN(CC)c1oc(C(O)c2cccc(Br)c2)nc1Cc1ccccc1. The Morgan fingerprint density at radius 2 is 1.81 bits per heavy atom. The number of nitrogens with zero attached hydrogens (tertiary/aromatic N) is 2. The number of aromatic nitrogens is 1. The number of hydrogen-bond donors (Lipinski definition) is 1. The molecule has 26 heavy (non-hydrogen) atoms. The maximum atomic E-state index is 10.8. The van der Waals surface area contributed by atoms with E-state index < -0.39 is 6.10 Å². The molecule has 0 saturated heterocycles. The first-order valence-electron chi connectivity index (χ1n) is 8.84. The number of anilines is 1. The normalized spacial score (nSPS) is 12.2. The molecule has 1 unspecified atom stereocenters. The second kappa shape index (κ2) is 8.52. The van der Waals surface area contributed by atoms with Crippen molar-refractivity contribution < 1.29 is 9.52 Å². The summed E-state index contributed by atoms with van der Waals surface area (Å²) >= 11 is 3.44. The minimum atomic E-state index is -0.897. The van der Waals surface area contributed by atoms with Crippen LogP contribution in [0.4, 0.5) is 5.88 Å². The predicted octanol–water partition coefficient (Wildman–Crippen LogP) is 4.96. The van der Waals surface area contributed by atoms with Crippen LogP contribution in [0.2, 0.25) is 0 Å². The molecule has 1 N–H and O–H groups in total. The van der Waals surface area contributed by atoms with Gasteiger partial charge in [-0.15, -0.1) is 0 Å². The quantitative estimate of drug-likeness (QED) is 0.593. The molecule has 3 rings (SSSR count). The Bertz CT molecular complexity index is 844. The van der Waals surface area contributed by atoms with E-state index in [-0.39, 0.29) is 0 Å². The fourth-order valence-corrected chi connectivity index (χ4v) is 3.38. The molecule has 0 spiro atoms. The first-order valence-corrected chi connectivity index (χ1v) is 9.63. The Labute approximate surface area is 162 Å². The highest BCUT2D eigenvalue weighted by molar-refractivity contribution is 9.10. The fraction of sp³-hybridized carbons (Fsp3) is 0.286. The zero-order chi connectivity index (χ0) is 18.5. The molecule has 0 bridgehead atoms. The van der Waals surface area contributed by atoms with E-state index in [9.17, 15) is 5.11 Å². The number of oxazole rings is 1. The third kappa shape index (κ3) is 4.17. The van der Waals surface area contributed by atoms with Crippen LogP contribution in [0.1, 0.15) is 42.7 Å². The van der Waals surface area contributed by atoms with Crippen molar-refractivity contribution >= 4 is 21.8 Å². The number of rotatable bonds is 7.